The fourth-order valence-electron chi connectivity index (χ4n) is 6.79. The second-order valence-electron chi connectivity index (χ2n) is 14.1. The molecule has 2 saturated heterocycles. The Kier molecular flexibility index (Phi) is 14.8. The highest BCUT2D eigenvalue weighted by Crippen LogP contribution is 2.39. The first kappa shape index (κ1) is 42.5. The first-order chi connectivity index (χ1) is 28.8. The van der Waals surface area contributed by atoms with Crippen LogP contribution in [0.3, 0.4) is 0 Å². The zero-order valence-corrected chi connectivity index (χ0v) is 34.0. The van der Waals surface area contributed by atoms with Crippen LogP contribution in [0.2, 0.25) is 0 Å². The number of nitrogens with two attached hydrogens (primary N) is 1. The molecule has 0 saturated carbocycles. The fraction of sp³-hybridized carbons (Fsp3) is 0.261. The maximum Gasteiger partial charge on any atom is 0.334 e. The van der Waals surface area contributed by atoms with E-state index in [1.807, 2.05) is 36.4 Å². The van der Waals surface area contributed by atoms with Gasteiger partial charge in [0, 0.05) is 83.4 Å². The Bertz CT molecular complexity index is 2390. The lowest BCUT2D eigenvalue weighted by atomic mass is 9.80. The molecule has 300 valence electrons. The minimum Gasteiger partial charge on any atom is -0.478 e. The van der Waals surface area contributed by atoms with Crippen molar-refractivity contribution >= 4 is 45.9 Å². The van der Waals surface area contributed by atoms with Crippen LogP contribution < -0.4 is 11.1 Å². The fourth-order valence-corrected chi connectivity index (χ4v) is 8.98. The molecule has 2 aliphatic heterocycles. The number of aromatic carboxylic acids is 1. The van der Waals surface area contributed by atoms with Gasteiger partial charge in [-0.05, 0) is 37.8 Å². The standard InChI is InChI=1S/C23H21N3O2S.C15H18N2OS.C8H5NO2/c1-24-19-9-5-8-18(14-19)21(27)25-16-23(10-12-28-13-11-23)22-26-20(15-29-22)17-6-3-2-4-7-17;16-11-15(6-8-18-9-7-15)14-17-13(10-19-14)12-4-2-1-3-5-12;1-9-7-4-2-3-6(5-7)8(10)11/h2-9,14-15H,10-13,16H2,(H,25,27);1-5,10H,6-9,11,16H2;2-5H,(H,10,11). The number of benzene rings is 4. The van der Waals surface area contributed by atoms with Crippen LogP contribution in [0.1, 0.15) is 56.4 Å². The molecule has 0 aliphatic carbocycles. The van der Waals surface area contributed by atoms with Crippen molar-refractivity contribution in [3.63, 3.8) is 0 Å². The normalized spacial score (nSPS) is 15.1. The van der Waals surface area contributed by atoms with E-state index in [4.69, 9.17) is 43.4 Å². The first-order valence-electron chi connectivity index (χ1n) is 19.1. The van der Waals surface area contributed by atoms with Crippen LogP contribution in [-0.4, -0.2) is 66.5 Å². The van der Waals surface area contributed by atoms with E-state index in [0.29, 0.717) is 43.2 Å². The van der Waals surface area contributed by atoms with Crippen LogP contribution in [0.4, 0.5) is 11.4 Å². The van der Waals surface area contributed by atoms with Crippen LogP contribution >= 0.6 is 22.7 Å². The molecule has 59 heavy (non-hydrogen) atoms. The molecule has 2 aliphatic rings. The van der Waals surface area contributed by atoms with Gasteiger partial charge >= 0.3 is 5.97 Å². The maximum absolute atomic E-state index is 12.7. The number of carboxylic acids is 1. The van der Waals surface area contributed by atoms with Crippen LogP contribution in [0.15, 0.2) is 120 Å². The number of rotatable bonds is 9. The van der Waals surface area contributed by atoms with Gasteiger partial charge in [-0.2, -0.15) is 0 Å². The molecule has 0 atom stereocenters. The number of aromatic nitrogens is 2. The van der Waals surface area contributed by atoms with Crippen molar-refractivity contribution in [2.45, 2.75) is 36.5 Å². The Labute approximate surface area is 352 Å². The maximum atomic E-state index is 12.7. The number of amides is 1. The molecule has 1 amide bonds. The molecule has 2 fully saturated rings. The molecule has 4 N–H and O–H groups in total. The van der Waals surface area contributed by atoms with Gasteiger partial charge < -0.3 is 25.6 Å². The van der Waals surface area contributed by atoms with E-state index in [2.05, 4.69) is 50.0 Å². The van der Waals surface area contributed by atoms with E-state index < -0.39 is 5.97 Å². The Morgan fingerprint density at radius 3 is 1.61 bits per heavy atom. The first-order valence-corrected chi connectivity index (χ1v) is 20.9. The largest absolute Gasteiger partial charge is 0.478 e. The summed E-state index contributed by atoms with van der Waals surface area (Å²) in [6.45, 7) is 17.8. The Morgan fingerprint density at radius 1 is 0.678 bits per heavy atom. The molecule has 0 spiro atoms. The lowest BCUT2D eigenvalue weighted by Gasteiger charge is -2.35. The minimum absolute atomic E-state index is 0.0238. The number of nitrogens with one attached hydrogen (secondary N) is 1. The number of ether oxygens (including phenoxy) is 2. The third kappa shape index (κ3) is 10.9. The molecule has 0 unspecified atom stereocenters. The van der Waals surface area contributed by atoms with Crippen molar-refractivity contribution in [1.82, 2.24) is 15.3 Å². The van der Waals surface area contributed by atoms with Crippen LogP contribution in [0, 0.1) is 13.1 Å². The van der Waals surface area contributed by atoms with Gasteiger partial charge in [0.25, 0.3) is 0 Å². The van der Waals surface area contributed by atoms with Crippen molar-refractivity contribution in [2.75, 3.05) is 39.5 Å². The van der Waals surface area contributed by atoms with Crippen molar-refractivity contribution < 1.29 is 24.2 Å². The number of carboxylic acid groups (broad SMARTS) is 1. The third-order valence-electron chi connectivity index (χ3n) is 10.4. The van der Waals surface area contributed by atoms with Crippen LogP contribution in [0.25, 0.3) is 32.2 Å². The molecular weight excluding hydrogens is 781 g/mol. The van der Waals surface area contributed by atoms with Gasteiger partial charge in [0.05, 0.1) is 24.5 Å². The summed E-state index contributed by atoms with van der Waals surface area (Å²) in [5, 5.41) is 18.0. The number of thiazole rings is 2. The summed E-state index contributed by atoms with van der Waals surface area (Å²) in [6.07, 6.45) is 3.59. The molecular formula is C46H44N6O5S2. The molecule has 8 rings (SSSR count). The van der Waals surface area contributed by atoms with E-state index in [1.54, 1.807) is 59.1 Å². The summed E-state index contributed by atoms with van der Waals surface area (Å²) in [7, 11) is 0. The van der Waals surface area contributed by atoms with E-state index >= 15 is 0 Å². The highest BCUT2D eigenvalue weighted by molar-refractivity contribution is 7.10. The van der Waals surface area contributed by atoms with E-state index in [1.165, 1.54) is 17.7 Å². The minimum atomic E-state index is -1.00. The van der Waals surface area contributed by atoms with Gasteiger partial charge in [-0.15, -0.1) is 22.7 Å². The number of carbonyl (C=O) groups excluding carboxylic acids is 1. The van der Waals surface area contributed by atoms with E-state index in [9.17, 15) is 9.59 Å². The average molecular weight is 825 g/mol. The topological polar surface area (TPSA) is 145 Å². The number of nitrogens with zero attached hydrogens (tertiary/aromatic N) is 4. The smallest absolute Gasteiger partial charge is 0.334 e. The van der Waals surface area contributed by atoms with Crippen LogP contribution in [0.5, 0.6) is 0 Å². The van der Waals surface area contributed by atoms with Crippen molar-refractivity contribution in [1.29, 1.82) is 0 Å². The van der Waals surface area contributed by atoms with Gasteiger partial charge in [0.2, 0.25) is 5.91 Å². The molecule has 11 nitrogen and oxygen atoms in total. The van der Waals surface area contributed by atoms with Gasteiger partial charge in [-0.25, -0.2) is 24.5 Å². The van der Waals surface area contributed by atoms with E-state index in [0.717, 1.165) is 65.9 Å². The molecule has 0 radical (unpaired) electrons. The summed E-state index contributed by atoms with van der Waals surface area (Å²) in [5.74, 6) is -1.17. The predicted molar refractivity (Wildman–Crippen MR) is 232 cm³/mol. The Balaban J connectivity index is 0.000000166. The second-order valence-corrected chi connectivity index (χ2v) is 15.8. The van der Waals surface area contributed by atoms with Crippen molar-refractivity contribution in [2.24, 2.45) is 5.73 Å². The Morgan fingerprint density at radius 2 is 1.14 bits per heavy atom. The second kappa shape index (κ2) is 20.6. The lowest BCUT2D eigenvalue weighted by molar-refractivity contribution is 0.0486. The molecule has 13 heteroatoms. The number of hydrogen-bond donors (Lipinski definition) is 3. The monoisotopic (exact) mass is 824 g/mol. The van der Waals surface area contributed by atoms with Gasteiger partial charge in [-0.1, -0.05) is 97.1 Å². The molecule has 2 aromatic heterocycles. The molecule has 4 aromatic carbocycles. The number of hydrogen-bond acceptors (Lipinski definition) is 9. The van der Waals surface area contributed by atoms with E-state index in [-0.39, 0.29) is 22.3 Å². The SMILES string of the molecule is NCC1(c2nc(-c3ccccc3)cs2)CCOCC1.[C-]#[N+]c1cccc(C(=O)NCC2(c3nc(-c4ccccc4)cs3)CCOCC2)c1.[C-]#[N+]c1cccc(C(=O)O)c1. The Hall–Kier alpha value is -6.06. The van der Waals surface area contributed by atoms with Gasteiger partial charge in [-0.3, -0.25) is 4.79 Å². The van der Waals surface area contributed by atoms with Crippen molar-refractivity contribution in [3.8, 4) is 22.5 Å². The average Bonchev–Trinajstić information content (AvgIpc) is 4.03. The molecule has 4 heterocycles. The number of carbonyl (C=O) groups is 2. The van der Waals surface area contributed by atoms with Crippen molar-refractivity contribution in [3.05, 3.63) is 164 Å². The van der Waals surface area contributed by atoms with Gasteiger partial charge in [0.1, 0.15) is 10.0 Å². The van der Waals surface area contributed by atoms with Gasteiger partial charge in [0.15, 0.2) is 11.4 Å². The predicted octanol–water partition coefficient (Wildman–Crippen LogP) is 9.59. The summed E-state index contributed by atoms with van der Waals surface area (Å²) in [4.78, 5) is 39.3. The summed E-state index contributed by atoms with van der Waals surface area (Å²) < 4.78 is 11.1. The zero-order valence-electron chi connectivity index (χ0n) is 32.4. The molecule has 0 bridgehead atoms. The van der Waals surface area contributed by atoms with Crippen LogP contribution in [-0.2, 0) is 20.3 Å². The lowest BCUT2D eigenvalue weighted by Crippen LogP contribution is -2.44. The summed E-state index contributed by atoms with van der Waals surface area (Å²) >= 11 is 3.37. The quantitative estimate of drug-likeness (QED) is 0.122. The zero-order chi connectivity index (χ0) is 41.5. The summed E-state index contributed by atoms with van der Waals surface area (Å²) in [5.41, 5.74) is 11.6. The third-order valence-corrected chi connectivity index (χ3v) is 12.6. The summed E-state index contributed by atoms with van der Waals surface area (Å²) in [6, 6.07) is 33.1. The highest BCUT2D eigenvalue weighted by atomic mass is 32.1. The highest BCUT2D eigenvalue weighted by Gasteiger charge is 2.38. The molecule has 6 aromatic rings.